The van der Waals surface area contributed by atoms with E-state index in [0.29, 0.717) is 11.1 Å². The minimum Gasteiger partial charge on any atom is -0.459 e. The van der Waals surface area contributed by atoms with Crippen LogP contribution in [0.2, 0.25) is 0 Å². The van der Waals surface area contributed by atoms with E-state index < -0.39 is 11.6 Å². The van der Waals surface area contributed by atoms with E-state index >= 15 is 0 Å². The number of carbonyl (C=O) groups is 1. The Morgan fingerprint density at radius 2 is 1.59 bits per heavy atom. The molecule has 3 rings (SSSR count). The normalized spacial score (nSPS) is 19.3. The summed E-state index contributed by atoms with van der Waals surface area (Å²) in [4.78, 5) is 14.2. The molecule has 1 unspecified atom stereocenters. The second-order valence-electron chi connectivity index (χ2n) is 7.79. The highest BCUT2D eigenvalue weighted by atomic mass is 32.2. The maximum absolute atomic E-state index is 13.2. The lowest BCUT2D eigenvalue weighted by Crippen LogP contribution is -2.49. The van der Waals surface area contributed by atoms with Crippen molar-refractivity contribution in [2.75, 3.05) is 33.4 Å². The summed E-state index contributed by atoms with van der Waals surface area (Å²) in [5.41, 5.74) is -0.748. The Hall–Kier alpha value is -1.82. The molecule has 0 amide bonds. The number of likely N-dealkylation sites (tertiary alicyclic amines) is 1. The smallest absolute Gasteiger partial charge is 0.347 e. The predicted octanol–water partition coefficient (Wildman–Crippen LogP) is 3.43. The lowest BCUT2D eigenvalue weighted by molar-refractivity contribution is -0.896. The molecule has 2 aromatic rings. The molecule has 1 heterocycles. The lowest BCUT2D eigenvalue weighted by atomic mass is 9.86. The van der Waals surface area contributed by atoms with Gasteiger partial charge in [-0.15, -0.1) is 11.8 Å². The van der Waals surface area contributed by atoms with Gasteiger partial charge in [0, 0.05) is 17.7 Å². The van der Waals surface area contributed by atoms with Gasteiger partial charge in [-0.2, -0.15) is 0 Å². The number of nitrogens with zero attached hydrogens (tertiary/aromatic N) is 1. The Kier molecular flexibility index (Phi) is 5.94. The van der Waals surface area contributed by atoms with Crippen molar-refractivity contribution in [3.05, 3.63) is 65.7 Å². The SMILES string of the molecule is CSc1ccc(C(O)(C(=O)OC2CC[N+](C)(C)CC2)c2ccccc2)cc1. The number of ether oxygens (including phenoxy) is 1. The van der Waals surface area contributed by atoms with Crippen LogP contribution in [0.5, 0.6) is 0 Å². The van der Waals surface area contributed by atoms with Crippen LogP contribution in [0, 0.1) is 0 Å². The van der Waals surface area contributed by atoms with Gasteiger partial charge in [-0.1, -0.05) is 42.5 Å². The summed E-state index contributed by atoms with van der Waals surface area (Å²) >= 11 is 1.62. The van der Waals surface area contributed by atoms with Gasteiger partial charge in [0.15, 0.2) is 0 Å². The number of hydrogen-bond acceptors (Lipinski definition) is 4. The Bertz CT molecular complexity index is 766. The molecule has 0 spiro atoms. The summed E-state index contributed by atoms with van der Waals surface area (Å²) in [7, 11) is 4.37. The van der Waals surface area contributed by atoms with Crippen LogP contribution in [-0.4, -0.2) is 55.1 Å². The summed E-state index contributed by atoms with van der Waals surface area (Å²) in [5, 5.41) is 11.5. The fourth-order valence-corrected chi connectivity index (χ4v) is 3.92. The van der Waals surface area contributed by atoms with Gasteiger partial charge in [-0.3, -0.25) is 0 Å². The van der Waals surface area contributed by atoms with E-state index in [-0.39, 0.29) is 6.10 Å². The molecule has 1 saturated heterocycles. The Labute approximate surface area is 165 Å². The number of carbonyl (C=O) groups excluding carboxylic acids is 1. The zero-order valence-corrected chi connectivity index (χ0v) is 17.0. The highest BCUT2D eigenvalue weighted by Gasteiger charge is 2.43. The average Bonchev–Trinajstić information content (AvgIpc) is 2.69. The summed E-state index contributed by atoms with van der Waals surface area (Å²) in [6.45, 7) is 1.92. The summed E-state index contributed by atoms with van der Waals surface area (Å²) in [5.74, 6) is -0.595. The van der Waals surface area contributed by atoms with Crippen molar-refractivity contribution in [1.29, 1.82) is 0 Å². The molecule has 0 radical (unpaired) electrons. The third-order valence-corrected chi connectivity index (χ3v) is 6.12. The number of rotatable bonds is 5. The van der Waals surface area contributed by atoms with E-state index in [1.54, 1.807) is 36.0 Å². The van der Waals surface area contributed by atoms with Gasteiger partial charge < -0.3 is 14.3 Å². The highest BCUT2D eigenvalue weighted by molar-refractivity contribution is 7.98. The van der Waals surface area contributed by atoms with Gasteiger partial charge >= 0.3 is 5.97 Å². The fraction of sp³-hybridized carbons (Fsp3) is 0.409. The number of hydrogen-bond donors (Lipinski definition) is 1. The van der Waals surface area contributed by atoms with Crippen molar-refractivity contribution in [2.24, 2.45) is 0 Å². The Morgan fingerprint density at radius 1 is 1.04 bits per heavy atom. The third-order valence-electron chi connectivity index (χ3n) is 5.38. The first kappa shape index (κ1) is 19.9. The molecule has 27 heavy (non-hydrogen) atoms. The average molecular weight is 387 g/mol. The van der Waals surface area contributed by atoms with Crippen LogP contribution < -0.4 is 0 Å². The van der Waals surface area contributed by atoms with E-state index in [0.717, 1.165) is 35.3 Å². The van der Waals surface area contributed by atoms with Gasteiger partial charge in [-0.25, -0.2) is 4.79 Å². The second-order valence-corrected chi connectivity index (χ2v) is 8.67. The molecule has 4 nitrogen and oxygen atoms in total. The Morgan fingerprint density at radius 3 is 2.15 bits per heavy atom. The first-order chi connectivity index (χ1) is 12.8. The standard InChI is InChI=1S/C22H28NO3S/c1-23(2)15-13-19(14-16-23)26-21(24)22(25,17-7-5-4-6-8-17)18-9-11-20(27-3)12-10-18/h4-12,19,25H,13-16H2,1-3H3/q+1. The van der Waals surface area contributed by atoms with Gasteiger partial charge in [0.1, 0.15) is 6.10 Å². The van der Waals surface area contributed by atoms with Gasteiger partial charge in [-0.05, 0) is 29.5 Å². The third kappa shape index (κ3) is 4.37. The van der Waals surface area contributed by atoms with Crippen molar-refractivity contribution < 1.29 is 19.1 Å². The zero-order valence-electron chi connectivity index (χ0n) is 16.2. The maximum Gasteiger partial charge on any atom is 0.347 e. The van der Waals surface area contributed by atoms with Gasteiger partial charge in [0.05, 0.1) is 27.2 Å². The molecule has 1 aliphatic rings. The molecule has 0 bridgehead atoms. The van der Waals surface area contributed by atoms with E-state index in [2.05, 4.69) is 14.1 Å². The molecule has 144 valence electrons. The van der Waals surface area contributed by atoms with Crippen LogP contribution in [-0.2, 0) is 15.1 Å². The van der Waals surface area contributed by atoms with Crippen LogP contribution in [0.3, 0.4) is 0 Å². The molecule has 1 atom stereocenters. The number of quaternary nitrogens is 1. The van der Waals surface area contributed by atoms with Crippen molar-refractivity contribution in [2.45, 2.75) is 29.4 Å². The predicted molar refractivity (Wildman–Crippen MR) is 109 cm³/mol. The molecule has 1 N–H and O–H groups in total. The topological polar surface area (TPSA) is 46.5 Å². The number of benzene rings is 2. The molecule has 2 aromatic carbocycles. The van der Waals surface area contributed by atoms with Crippen LogP contribution in [0.1, 0.15) is 24.0 Å². The minimum absolute atomic E-state index is 0.149. The van der Waals surface area contributed by atoms with Crippen molar-refractivity contribution in [3.63, 3.8) is 0 Å². The molecule has 0 saturated carbocycles. The first-order valence-corrected chi connectivity index (χ1v) is 10.5. The molecule has 5 heteroatoms. The second kappa shape index (κ2) is 8.05. The van der Waals surface area contributed by atoms with Gasteiger partial charge in [0.25, 0.3) is 0 Å². The van der Waals surface area contributed by atoms with Crippen LogP contribution in [0.4, 0.5) is 0 Å². The monoisotopic (exact) mass is 386 g/mol. The molecule has 0 aliphatic carbocycles. The number of thioether (sulfide) groups is 1. The van der Waals surface area contributed by atoms with E-state index in [1.165, 1.54) is 0 Å². The van der Waals surface area contributed by atoms with Gasteiger partial charge in [0.2, 0.25) is 5.60 Å². The van der Waals surface area contributed by atoms with Crippen molar-refractivity contribution >= 4 is 17.7 Å². The molecule has 0 aromatic heterocycles. The maximum atomic E-state index is 13.2. The quantitative estimate of drug-likeness (QED) is 0.486. The number of aliphatic hydroxyl groups is 1. The largest absolute Gasteiger partial charge is 0.459 e. The van der Waals surface area contributed by atoms with Crippen LogP contribution in [0.25, 0.3) is 0 Å². The molecule has 1 aliphatic heterocycles. The molecule has 1 fully saturated rings. The molecular formula is C22H28NO3S+. The Balaban J connectivity index is 1.89. The number of piperidine rings is 1. The minimum atomic E-state index is -1.81. The van der Waals surface area contributed by atoms with E-state index in [4.69, 9.17) is 4.74 Å². The summed E-state index contributed by atoms with van der Waals surface area (Å²) < 4.78 is 6.75. The van der Waals surface area contributed by atoms with Crippen molar-refractivity contribution in [1.82, 2.24) is 0 Å². The first-order valence-electron chi connectivity index (χ1n) is 9.31. The lowest BCUT2D eigenvalue weighted by Gasteiger charge is -2.38. The van der Waals surface area contributed by atoms with Crippen molar-refractivity contribution in [3.8, 4) is 0 Å². The summed E-state index contributed by atoms with van der Waals surface area (Å²) in [6.07, 6.45) is 3.48. The zero-order chi connectivity index (χ0) is 19.5. The summed E-state index contributed by atoms with van der Waals surface area (Å²) in [6, 6.07) is 16.5. The van der Waals surface area contributed by atoms with Crippen LogP contribution >= 0.6 is 11.8 Å². The fourth-order valence-electron chi connectivity index (χ4n) is 3.51. The van der Waals surface area contributed by atoms with Crippen LogP contribution in [0.15, 0.2) is 59.5 Å². The molecular weight excluding hydrogens is 358 g/mol. The van der Waals surface area contributed by atoms with E-state index in [1.807, 2.05) is 36.6 Å². The number of esters is 1. The highest BCUT2D eigenvalue weighted by Crippen LogP contribution is 2.33. The van der Waals surface area contributed by atoms with E-state index in [9.17, 15) is 9.90 Å².